The Balaban J connectivity index is 2.83. The fourth-order valence-corrected chi connectivity index (χ4v) is 3.14. The highest BCUT2D eigenvalue weighted by Gasteiger charge is 2.65. The van der Waals surface area contributed by atoms with Crippen LogP contribution in [0.4, 0.5) is 0 Å². The second kappa shape index (κ2) is 9.12. The molecule has 0 saturated carbocycles. The Kier molecular flexibility index (Phi) is 7.06. The maximum absolute atomic E-state index is 13.2. The van der Waals surface area contributed by atoms with Gasteiger partial charge in [-0.25, -0.2) is 0 Å². The summed E-state index contributed by atoms with van der Waals surface area (Å²) in [4.78, 5) is 38.1. The molecule has 184 valence electrons. The van der Waals surface area contributed by atoms with Crippen LogP contribution in [0.2, 0.25) is 0 Å². The fraction of sp³-hybridized carbons (Fsp3) is 0.250. The van der Waals surface area contributed by atoms with Crippen LogP contribution in [-0.2, 0) is 4.79 Å². The maximum Gasteiger partial charge on any atom is 0.222 e. The molecule has 4 atom stereocenters. The van der Waals surface area contributed by atoms with Gasteiger partial charge in [0.1, 0.15) is 12.2 Å². The molecule has 0 aliphatic heterocycles. The van der Waals surface area contributed by atoms with Gasteiger partial charge in [-0.15, -0.1) is 0 Å². The topological polar surface area (TPSA) is 274 Å². The minimum atomic E-state index is -4.05. The zero-order valence-electron chi connectivity index (χ0n) is 16.9. The molecule has 34 heavy (non-hydrogen) atoms. The third-order valence-corrected chi connectivity index (χ3v) is 5.09. The molecule has 2 aromatic rings. The number of phenols is 6. The molecule has 0 aliphatic rings. The molecule has 0 heterocycles. The van der Waals surface area contributed by atoms with E-state index in [1.54, 1.807) is 0 Å². The summed E-state index contributed by atoms with van der Waals surface area (Å²) in [5.74, 6) is -10.7. The van der Waals surface area contributed by atoms with E-state index >= 15 is 0 Å². The van der Waals surface area contributed by atoms with Crippen molar-refractivity contribution in [1.29, 1.82) is 0 Å². The lowest BCUT2D eigenvalue weighted by Gasteiger charge is -2.41. The van der Waals surface area contributed by atoms with Crippen LogP contribution in [0.1, 0.15) is 20.7 Å². The second-order valence-corrected chi connectivity index (χ2v) is 7.23. The van der Waals surface area contributed by atoms with Crippen molar-refractivity contribution < 1.29 is 70.6 Å². The summed E-state index contributed by atoms with van der Waals surface area (Å²) in [6, 6.07) is 1.66. The minimum absolute atomic E-state index is 0.411. The van der Waals surface area contributed by atoms with Crippen molar-refractivity contribution >= 4 is 17.9 Å². The first-order valence-corrected chi connectivity index (χ1v) is 9.14. The van der Waals surface area contributed by atoms with Crippen LogP contribution in [0.15, 0.2) is 24.3 Å². The largest absolute Gasteiger partial charge is 0.504 e. The zero-order chi connectivity index (χ0) is 26.2. The van der Waals surface area contributed by atoms with Gasteiger partial charge in [-0.05, 0) is 24.3 Å². The zero-order valence-corrected chi connectivity index (χ0v) is 16.9. The predicted molar refractivity (Wildman–Crippen MR) is 107 cm³/mol. The lowest BCUT2D eigenvalue weighted by molar-refractivity contribution is -0.181. The van der Waals surface area contributed by atoms with Gasteiger partial charge < -0.3 is 56.2 Å². The summed E-state index contributed by atoms with van der Waals surface area (Å²) < 4.78 is 0. The Morgan fingerprint density at radius 2 is 1.12 bits per heavy atom. The van der Waals surface area contributed by atoms with Crippen LogP contribution < -0.4 is 0 Å². The van der Waals surface area contributed by atoms with E-state index in [2.05, 4.69) is 0 Å². The van der Waals surface area contributed by atoms with Crippen molar-refractivity contribution in [3.05, 3.63) is 35.4 Å². The van der Waals surface area contributed by atoms with Crippen LogP contribution >= 0.6 is 0 Å². The van der Waals surface area contributed by atoms with E-state index in [0.29, 0.717) is 24.3 Å². The summed E-state index contributed by atoms with van der Waals surface area (Å²) in [6.45, 7) is -1.37. The van der Waals surface area contributed by atoms with Gasteiger partial charge in [-0.3, -0.25) is 14.4 Å². The quantitative estimate of drug-likeness (QED) is 0.0751. The second-order valence-electron chi connectivity index (χ2n) is 7.23. The Labute approximate surface area is 189 Å². The molecule has 2 rings (SSSR count). The third kappa shape index (κ3) is 3.95. The van der Waals surface area contributed by atoms with Crippen molar-refractivity contribution in [3.8, 4) is 34.5 Å². The third-order valence-electron chi connectivity index (χ3n) is 5.09. The number of Topliss-reactive ketones (excluding diaryl/α,β-unsaturated/α-hetero) is 2. The first-order valence-electron chi connectivity index (χ1n) is 9.14. The molecule has 0 fully saturated rings. The number of rotatable bonds is 9. The Bertz CT molecular complexity index is 1100. The number of aldehydes is 1. The lowest BCUT2D eigenvalue weighted by Crippen LogP contribution is -2.72. The lowest BCUT2D eigenvalue weighted by atomic mass is 9.69. The van der Waals surface area contributed by atoms with E-state index in [-0.39, 0.29) is 0 Å². The number of ketones is 2. The number of phenolic OH excluding ortho intramolecular Hbond substituents is 6. The standard InChI is InChI=1S/C20H20O14/c21-5-13(27)18(32)20(34,17(31)8-3-11(25)15(29)12(26)4-8)19(33,6-22)16(30)7-1-9(23)14(28)10(24)2-7/h1-4,6,13,18,21,23-29,32-34H,5H2/t13-,18-,19-,20+/m1/s1. The van der Waals surface area contributed by atoms with E-state index in [0.717, 1.165) is 0 Å². The predicted octanol–water partition coefficient (Wildman–Crippen LogP) is -2.64. The molecular weight excluding hydrogens is 464 g/mol. The molecular formula is C20H20O14. The molecule has 0 amide bonds. The van der Waals surface area contributed by atoms with Crippen LogP contribution in [0.5, 0.6) is 34.5 Å². The van der Waals surface area contributed by atoms with Crippen molar-refractivity contribution in [3.63, 3.8) is 0 Å². The van der Waals surface area contributed by atoms with Gasteiger partial charge in [-0.1, -0.05) is 0 Å². The van der Waals surface area contributed by atoms with E-state index in [4.69, 9.17) is 5.11 Å². The summed E-state index contributed by atoms with van der Waals surface area (Å²) in [7, 11) is 0. The number of aromatic hydroxyl groups is 6. The van der Waals surface area contributed by atoms with Gasteiger partial charge >= 0.3 is 0 Å². The molecule has 14 nitrogen and oxygen atoms in total. The van der Waals surface area contributed by atoms with E-state index < -0.39 is 93.5 Å². The first kappa shape index (κ1) is 26.3. The molecule has 0 spiro atoms. The molecule has 2 aromatic carbocycles. The number of aliphatic hydroxyl groups is 5. The van der Waals surface area contributed by atoms with Crippen LogP contribution in [0.3, 0.4) is 0 Å². The van der Waals surface area contributed by atoms with Gasteiger partial charge in [0.2, 0.25) is 17.2 Å². The number of carbonyl (C=O) groups excluding carboxylic acids is 3. The SMILES string of the molecule is O=C[C@@](O)(C(=O)c1cc(O)c(O)c(O)c1)[C@](O)(C(=O)c1cc(O)c(O)c(O)c1)[C@H](O)[C@H](O)CO. The summed E-state index contributed by atoms with van der Waals surface area (Å²) in [5.41, 5.74) is -10.0. The van der Waals surface area contributed by atoms with Gasteiger partial charge in [0.05, 0.1) is 6.61 Å². The van der Waals surface area contributed by atoms with Crippen molar-refractivity contribution in [2.24, 2.45) is 0 Å². The fourth-order valence-electron chi connectivity index (χ4n) is 3.14. The minimum Gasteiger partial charge on any atom is -0.504 e. The van der Waals surface area contributed by atoms with Crippen LogP contribution in [-0.4, -0.2) is 104 Å². The van der Waals surface area contributed by atoms with Gasteiger partial charge in [0.25, 0.3) is 0 Å². The molecule has 14 heteroatoms. The number of hydrogen-bond acceptors (Lipinski definition) is 14. The highest BCUT2D eigenvalue weighted by atomic mass is 16.4. The van der Waals surface area contributed by atoms with E-state index in [9.17, 15) is 65.4 Å². The molecule has 0 aromatic heterocycles. The van der Waals surface area contributed by atoms with Gasteiger partial charge in [0, 0.05) is 11.1 Å². The average molecular weight is 484 g/mol. The van der Waals surface area contributed by atoms with Gasteiger partial charge in [0.15, 0.2) is 46.4 Å². The van der Waals surface area contributed by atoms with Crippen molar-refractivity contribution in [2.75, 3.05) is 6.61 Å². The summed E-state index contributed by atoms with van der Waals surface area (Å²) in [5, 5.41) is 109. The molecule has 11 N–H and O–H groups in total. The smallest absolute Gasteiger partial charge is 0.222 e. The summed E-state index contributed by atoms with van der Waals surface area (Å²) in [6.07, 6.45) is -6.17. The number of carbonyl (C=O) groups is 3. The number of hydrogen-bond donors (Lipinski definition) is 11. The summed E-state index contributed by atoms with van der Waals surface area (Å²) >= 11 is 0. The van der Waals surface area contributed by atoms with Crippen molar-refractivity contribution in [1.82, 2.24) is 0 Å². The van der Waals surface area contributed by atoms with Crippen LogP contribution in [0.25, 0.3) is 0 Å². The van der Waals surface area contributed by atoms with Crippen molar-refractivity contribution in [2.45, 2.75) is 23.4 Å². The molecule has 0 radical (unpaired) electrons. The molecule has 0 saturated heterocycles. The average Bonchev–Trinajstić information content (AvgIpc) is 2.81. The normalized spacial score (nSPS) is 16.6. The van der Waals surface area contributed by atoms with E-state index in [1.165, 1.54) is 0 Å². The van der Waals surface area contributed by atoms with Gasteiger partial charge in [-0.2, -0.15) is 0 Å². The van der Waals surface area contributed by atoms with E-state index in [1.807, 2.05) is 0 Å². The first-order chi connectivity index (χ1) is 15.7. The number of aliphatic hydroxyl groups excluding tert-OH is 3. The Morgan fingerprint density at radius 3 is 1.44 bits per heavy atom. The number of benzene rings is 2. The highest BCUT2D eigenvalue weighted by molar-refractivity contribution is 6.20. The van der Waals surface area contributed by atoms with Crippen LogP contribution in [0, 0.1) is 0 Å². The Morgan fingerprint density at radius 1 is 0.765 bits per heavy atom. The molecule has 0 aliphatic carbocycles. The Hall–Kier alpha value is -3.95. The molecule has 0 unspecified atom stereocenters. The maximum atomic E-state index is 13.2. The molecule has 0 bridgehead atoms. The highest BCUT2D eigenvalue weighted by Crippen LogP contribution is 2.41. The monoisotopic (exact) mass is 484 g/mol.